The van der Waals surface area contributed by atoms with E-state index in [9.17, 15) is 4.39 Å². The van der Waals surface area contributed by atoms with Crippen LogP contribution in [0.15, 0.2) is 0 Å². The van der Waals surface area contributed by atoms with Gasteiger partial charge >= 0.3 is 0 Å². The first-order chi connectivity index (χ1) is 6.20. The average Bonchev–Trinajstić information content (AvgIpc) is 2.08. The van der Waals surface area contributed by atoms with Gasteiger partial charge in [0.05, 0.1) is 0 Å². The first kappa shape index (κ1) is 11.0. The van der Waals surface area contributed by atoms with Crippen molar-refractivity contribution in [3.05, 3.63) is 0 Å². The average molecular weight is 187 g/mol. The zero-order chi connectivity index (χ0) is 9.68. The Labute approximate surface area is 81.1 Å². The van der Waals surface area contributed by atoms with Gasteiger partial charge in [-0.25, -0.2) is 4.39 Å². The summed E-state index contributed by atoms with van der Waals surface area (Å²) in [5.74, 6) is 0.717. The molecule has 0 bridgehead atoms. The molecule has 0 aromatic carbocycles. The van der Waals surface area contributed by atoms with Crippen molar-refractivity contribution < 1.29 is 4.39 Å². The fourth-order valence-electron chi connectivity index (χ4n) is 1.87. The van der Waals surface area contributed by atoms with Crippen molar-refractivity contribution in [1.29, 1.82) is 0 Å². The van der Waals surface area contributed by atoms with Crippen LogP contribution < -0.4 is 5.32 Å². The van der Waals surface area contributed by atoms with Crippen molar-refractivity contribution in [2.45, 2.75) is 58.2 Å². The summed E-state index contributed by atoms with van der Waals surface area (Å²) in [4.78, 5) is 0. The van der Waals surface area contributed by atoms with Gasteiger partial charge in [0, 0.05) is 6.04 Å². The van der Waals surface area contributed by atoms with Gasteiger partial charge in [0.2, 0.25) is 0 Å². The lowest BCUT2D eigenvalue weighted by atomic mass is 9.93. The van der Waals surface area contributed by atoms with Gasteiger partial charge in [0.1, 0.15) is 6.17 Å². The molecule has 0 aromatic heterocycles. The maximum absolute atomic E-state index is 13.3. The molecule has 0 unspecified atom stereocenters. The first-order valence-corrected chi connectivity index (χ1v) is 5.57. The molecular weight excluding hydrogens is 165 g/mol. The minimum atomic E-state index is -0.596. The first-order valence-electron chi connectivity index (χ1n) is 5.57. The highest BCUT2D eigenvalue weighted by atomic mass is 19.1. The van der Waals surface area contributed by atoms with E-state index in [1.165, 1.54) is 6.42 Å². The SMILES string of the molecule is CC(C)CCN[C@@H]1CCCC[C@H]1F. The third-order valence-corrected chi connectivity index (χ3v) is 2.81. The predicted molar refractivity (Wildman–Crippen MR) is 54.6 cm³/mol. The van der Waals surface area contributed by atoms with Gasteiger partial charge in [-0.05, 0) is 31.7 Å². The van der Waals surface area contributed by atoms with Crippen molar-refractivity contribution in [3.63, 3.8) is 0 Å². The standard InChI is InChI=1S/C11H22FN/c1-9(2)7-8-13-11-6-4-3-5-10(11)12/h9-11,13H,3-8H2,1-2H3/t10-,11-/m1/s1. The lowest BCUT2D eigenvalue weighted by molar-refractivity contribution is 0.188. The molecule has 0 aromatic rings. The number of nitrogens with one attached hydrogen (secondary N) is 1. The van der Waals surface area contributed by atoms with Gasteiger partial charge in [0.25, 0.3) is 0 Å². The number of halogens is 1. The van der Waals surface area contributed by atoms with Gasteiger partial charge < -0.3 is 5.32 Å². The Kier molecular flexibility index (Phi) is 4.71. The Bertz CT molecular complexity index is 136. The second-order valence-corrected chi connectivity index (χ2v) is 4.54. The molecule has 78 valence electrons. The van der Waals surface area contributed by atoms with Gasteiger partial charge in [-0.1, -0.05) is 26.7 Å². The van der Waals surface area contributed by atoms with Crippen LogP contribution in [0.3, 0.4) is 0 Å². The van der Waals surface area contributed by atoms with Crippen LogP contribution in [-0.4, -0.2) is 18.8 Å². The van der Waals surface area contributed by atoms with Gasteiger partial charge in [-0.3, -0.25) is 0 Å². The Morgan fingerprint density at radius 1 is 1.31 bits per heavy atom. The maximum Gasteiger partial charge on any atom is 0.115 e. The van der Waals surface area contributed by atoms with Crippen LogP contribution in [0.25, 0.3) is 0 Å². The minimum absolute atomic E-state index is 0.146. The Morgan fingerprint density at radius 3 is 2.62 bits per heavy atom. The van der Waals surface area contributed by atoms with Crippen LogP contribution in [0.4, 0.5) is 4.39 Å². The molecule has 0 aliphatic heterocycles. The lowest BCUT2D eigenvalue weighted by Gasteiger charge is -2.27. The summed E-state index contributed by atoms with van der Waals surface area (Å²) in [5.41, 5.74) is 0. The van der Waals surface area contributed by atoms with E-state index in [0.717, 1.165) is 32.2 Å². The highest BCUT2D eigenvalue weighted by Crippen LogP contribution is 2.21. The monoisotopic (exact) mass is 187 g/mol. The van der Waals surface area contributed by atoms with Gasteiger partial charge in [0.15, 0.2) is 0 Å². The van der Waals surface area contributed by atoms with Crippen LogP contribution >= 0.6 is 0 Å². The van der Waals surface area contributed by atoms with E-state index in [1.54, 1.807) is 0 Å². The van der Waals surface area contributed by atoms with E-state index in [1.807, 2.05) is 0 Å². The van der Waals surface area contributed by atoms with Gasteiger partial charge in [-0.2, -0.15) is 0 Å². The third-order valence-electron chi connectivity index (χ3n) is 2.81. The smallest absolute Gasteiger partial charge is 0.115 e. The van der Waals surface area contributed by atoms with Gasteiger partial charge in [-0.15, -0.1) is 0 Å². The van der Waals surface area contributed by atoms with E-state index >= 15 is 0 Å². The van der Waals surface area contributed by atoms with E-state index in [-0.39, 0.29) is 6.04 Å². The van der Waals surface area contributed by atoms with Crippen LogP contribution in [0, 0.1) is 5.92 Å². The molecule has 1 aliphatic rings. The van der Waals surface area contributed by atoms with Crippen LogP contribution in [0.1, 0.15) is 46.0 Å². The topological polar surface area (TPSA) is 12.0 Å². The van der Waals surface area contributed by atoms with Crippen molar-refractivity contribution in [1.82, 2.24) is 5.32 Å². The Morgan fingerprint density at radius 2 is 2.00 bits per heavy atom. The fourth-order valence-corrected chi connectivity index (χ4v) is 1.87. The summed E-state index contributed by atoms with van der Waals surface area (Å²) in [5, 5.41) is 3.33. The summed E-state index contributed by atoms with van der Waals surface area (Å²) in [6.45, 7) is 5.38. The highest BCUT2D eigenvalue weighted by Gasteiger charge is 2.23. The second-order valence-electron chi connectivity index (χ2n) is 4.54. The quantitative estimate of drug-likeness (QED) is 0.713. The maximum atomic E-state index is 13.3. The second kappa shape index (κ2) is 5.58. The number of hydrogen-bond donors (Lipinski definition) is 1. The third kappa shape index (κ3) is 4.08. The molecule has 13 heavy (non-hydrogen) atoms. The van der Waals surface area contributed by atoms with Crippen LogP contribution in [0.2, 0.25) is 0 Å². The van der Waals surface area contributed by atoms with Crippen molar-refractivity contribution >= 4 is 0 Å². The summed E-state index contributed by atoms with van der Waals surface area (Å²) in [6.07, 6.45) is 4.62. The zero-order valence-corrected chi connectivity index (χ0v) is 8.85. The van der Waals surface area contributed by atoms with Crippen LogP contribution in [0.5, 0.6) is 0 Å². The molecule has 0 heterocycles. The highest BCUT2D eigenvalue weighted by molar-refractivity contribution is 4.80. The Hall–Kier alpha value is -0.110. The number of hydrogen-bond acceptors (Lipinski definition) is 1. The molecule has 1 N–H and O–H groups in total. The van der Waals surface area contributed by atoms with E-state index in [0.29, 0.717) is 5.92 Å². The predicted octanol–water partition coefficient (Wildman–Crippen LogP) is 2.90. The molecule has 1 fully saturated rings. The zero-order valence-electron chi connectivity index (χ0n) is 8.85. The van der Waals surface area contributed by atoms with E-state index < -0.39 is 6.17 Å². The summed E-state index contributed by atoms with van der Waals surface area (Å²) in [7, 11) is 0. The van der Waals surface area contributed by atoms with Crippen molar-refractivity contribution in [3.8, 4) is 0 Å². The largest absolute Gasteiger partial charge is 0.311 e. The van der Waals surface area contributed by atoms with Crippen molar-refractivity contribution in [2.75, 3.05) is 6.54 Å². The van der Waals surface area contributed by atoms with E-state index in [2.05, 4.69) is 19.2 Å². The molecule has 0 radical (unpaired) electrons. The normalized spacial score (nSPS) is 29.5. The molecule has 1 saturated carbocycles. The molecule has 0 spiro atoms. The molecule has 2 atom stereocenters. The molecule has 0 amide bonds. The van der Waals surface area contributed by atoms with E-state index in [4.69, 9.17) is 0 Å². The lowest BCUT2D eigenvalue weighted by Crippen LogP contribution is -2.40. The molecule has 1 rings (SSSR count). The molecule has 1 aliphatic carbocycles. The summed E-state index contributed by atoms with van der Waals surface area (Å²) >= 11 is 0. The minimum Gasteiger partial charge on any atom is -0.311 e. The number of rotatable bonds is 4. The number of alkyl halides is 1. The fraction of sp³-hybridized carbons (Fsp3) is 1.00. The summed E-state index contributed by atoms with van der Waals surface area (Å²) in [6, 6.07) is 0.146. The molecule has 0 saturated heterocycles. The van der Waals surface area contributed by atoms with Crippen LogP contribution in [-0.2, 0) is 0 Å². The molecule has 2 heteroatoms. The molecular formula is C11H22FN. The summed E-state index contributed by atoms with van der Waals surface area (Å²) < 4.78 is 13.3. The Balaban J connectivity index is 2.11. The van der Waals surface area contributed by atoms with Crippen molar-refractivity contribution in [2.24, 2.45) is 5.92 Å². The molecule has 1 nitrogen and oxygen atoms in total.